The van der Waals surface area contributed by atoms with Crippen LogP contribution in [0.5, 0.6) is 0 Å². The van der Waals surface area contributed by atoms with Gasteiger partial charge in [0.05, 0.1) is 0 Å². The van der Waals surface area contributed by atoms with Crippen LogP contribution < -0.4 is 10.6 Å². The van der Waals surface area contributed by atoms with E-state index in [9.17, 15) is 0 Å². The molecule has 1 heterocycles. The van der Waals surface area contributed by atoms with Crippen molar-refractivity contribution in [3.05, 3.63) is 11.7 Å². The number of aryl methyl sites for hydroxylation is 2. The Labute approximate surface area is 148 Å². The minimum atomic E-state index is 0. The predicted octanol–water partition coefficient (Wildman–Crippen LogP) is 2.24. The summed E-state index contributed by atoms with van der Waals surface area (Å²) in [7, 11) is 1.78. The van der Waals surface area contributed by atoms with Crippen LogP contribution in [0.1, 0.15) is 32.0 Å². The Hall–Kier alpha value is -0.510. The zero-order valence-corrected chi connectivity index (χ0v) is 16.5. The third kappa shape index (κ3) is 8.50. The molecule has 0 atom stereocenters. The molecule has 1 rings (SSSR count). The first-order valence-corrected chi connectivity index (χ1v) is 7.98. The van der Waals surface area contributed by atoms with Crippen LogP contribution in [0, 0.1) is 6.92 Å². The highest BCUT2D eigenvalue weighted by Gasteiger charge is 2.15. The highest BCUT2D eigenvalue weighted by molar-refractivity contribution is 14.0. The van der Waals surface area contributed by atoms with Crippen molar-refractivity contribution in [2.45, 2.75) is 38.4 Å². The quantitative estimate of drug-likeness (QED) is 0.301. The van der Waals surface area contributed by atoms with Crippen LogP contribution in [0.3, 0.4) is 0 Å². The highest BCUT2D eigenvalue weighted by Crippen LogP contribution is 2.19. The molecule has 2 N–H and O–H groups in total. The van der Waals surface area contributed by atoms with E-state index >= 15 is 0 Å². The Morgan fingerprint density at radius 1 is 1.38 bits per heavy atom. The van der Waals surface area contributed by atoms with Gasteiger partial charge in [-0.05, 0) is 33.4 Å². The van der Waals surface area contributed by atoms with Gasteiger partial charge in [-0.3, -0.25) is 4.99 Å². The van der Waals surface area contributed by atoms with Crippen molar-refractivity contribution in [2.75, 3.05) is 26.4 Å². The first-order chi connectivity index (χ1) is 9.46. The largest absolute Gasteiger partial charge is 0.356 e. The summed E-state index contributed by atoms with van der Waals surface area (Å²) in [6, 6.07) is 0. The number of halogens is 1. The molecule has 0 bridgehead atoms. The normalized spacial score (nSPS) is 12.0. The number of aromatic nitrogens is 2. The van der Waals surface area contributed by atoms with Crippen molar-refractivity contribution in [3.8, 4) is 0 Å². The summed E-state index contributed by atoms with van der Waals surface area (Å²) in [4.78, 5) is 8.38. The monoisotopic (exact) mass is 427 g/mol. The van der Waals surface area contributed by atoms with Gasteiger partial charge in [0, 0.05) is 31.3 Å². The summed E-state index contributed by atoms with van der Waals surface area (Å²) in [5, 5.41) is 10.4. The summed E-state index contributed by atoms with van der Waals surface area (Å²) in [5.41, 5.74) is 0. The lowest BCUT2D eigenvalue weighted by Crippen LogP contribution is -2.43. The molecule has 0 aliphatic heterocycles. The molecule has 0 fully saturated rings. The number of thioether (sulfide) groups is 1. The van der Waals surface area contributed by atoms with Crippen LogP contribution >= 0.6 is 35.7 Å². The Morgan fingerprint density at radius 3 is 2.62 bits per heavy atom. The fraction of sp³-hybridized carbons (Fsp3) is 0.769. The number of hydrogen-bond donors (Lipinski definition) is 2. The fourth-order valence-electron chi connectivity index (χ4n) is 1.48. The summed E-state index contributed by atoms with van der Waals surface area (Å²) < 4.78 is 5.26. The summed E-state index contributed by atoms with van der Waals surface area (Å²) in [5.74, 6) is 2.20. The third-order valence-electron chi connectivity index (χ3n) is 2.89. The Balaban J connectivity index is 0.00000400. The number of rotatable bonds is 7. The lowest BCUT2D eigenvalue weighted by Gasteiger charge is -2.23. The third-order valence-corrected chi connectivity index (χ3v) is 4.14. The smallest absolute Gasteiger partial charge is 0.226 e. The van der Waals surface area contributed by atoms with Crippen molar-refractivity contribution in [1.82, 2.24) is 20.8 Å². The van der Waals surface area contributed by atoms with Crippen molar-refractivity contribution >= 4 is 41.7 Å². The lowest BCUT2D eigenvalue weighted by atomic mass is 10.2. The van der Waals surface area contributed by atoms with Crippen molar-refractivity contribution in [3.63, 3.8) is 0 Å². The zero-order valence-electron chi connectivity index (χ0n) is 13.4. The highest BCUT2D eigenvalue weighted by atomic mass is 127. The van der Waals surface area contributed by atoms with E-state index in [4.69, 9.17) is 4.52 Å². The van der Waals surface area contributed by atoms with Crippen LogP contribution in [0.15, 0.2) is 9.52 Å². The van der Waals surface area contributed by atoms with Gasteiger partial charge >= 0.3 is 0 Å². The van der Waals surface area contributed by atoms with Gasteiger partial charge in [0.15, 0.2) is 11.8 Å². The molecule has 21 heavy (non-hydrogen) atoms. The molecule has 0 radical (unpaired) electrons. The minimum absolute atomic E-state index is 0. The average Bonchev–Trinajstić information content (AvgIpc) is 2.83. The summed E-state index contributed by atoms with van der Waals surface area (Å²) in [6.07, 6.45) is 3.82. The number of guanidine groups is 1. The number of hydrogen-bond acceptors (Lipinski definition) is 5. The van der Waals surface area contributed by atoms with Crippen LogP contribution in [0.4, 0.5) is 0 Å². The molecule has 1 aromatic heterocycles. The number of nitrogens with one attached hydrogen (secondary N) is 2. The summed E-state index contributed by atoms with van der Waals surface area (Å²) in [6.45, 7) is 7.92. The van der Waals surface area contributed by atoms with E-state index in [1.165, 1.54) is 0 Å². The molecule has 0 saturated heterocycles. The second kappa shape index (κ2) is 10.3. The standard InChI is InChI=1S/C13H25N5OS.HI/c1-10-17-11(19-18-10)7-6-8-15-12(14-4)16-9-13(2,3)20-5;/h6-9H2,1-5H3,(H2,14,15,16);1H. The van der Waals surface area contributed by atoms with E-state index in [1.807, 2.05) is 18.7 Å². The van der Waals surface area contributed by atoms with Gasteiger partial charge in [0.2, 0.25) is 5.89 Å². The molecule has 8 heteroatoms. The Morgan fingerprint density at radius 2 is 2.10 bits per heavy atom. The predicted molar refractivity (Wildman–Crippen MR) is 99.7 cm³/mol. The second-order valence-electron chi connectivity index (χ2n) is 5.16. The first-order valence-electron chi connectivity index (χ1n) is 6.75. The maximum absolute atomic E-state index is 5.07. The Kier molecular flexibility index (Phi) is 10.0. The molecule has 0 unspecified atom stereocenters. The number of aliphatic imine (C=N–C) groups is 1. The molecular formula is C13H26IN5OS. The maximum atomic E-state index is 5.07. The van der Waals surface area contributed by atoms with E-state index in [1.54, 1.807) is 7.05 Å². The van der Waals surface area contributed by atoms with Gasteiger partial charge < -0.3 is 15.2 Å². The molecule has 122 valence electrons. The van der Waals surface area contributed by atoms with E-state index in [0.717, 1.165) is 31.9 Å². The van der Waals surface area contributed by atoms with Crippen molar-refractivity contribution in [1.29, 1.82) is 0 Å². The van der Waals surface area contributed by atoms with Gasteiger partial charge in [-0.2, -0.15) is 16.7 Å². The van der Waals surface area contributed by atoms with E-state index in [0.29, 0.717) is 11.7 Å². The van der Waals surface area contributed by atoms with Crippen LogP contribution in [-0.2, 0) is 6.42 Å². The molecule has 6 nitrogen and oxygen atoms in total. The Bertz CT molecular complexity index is 436. The SMILES string of the molecule is CN=C(NCCCc1nc(C)no1)NCC(C)(C)SC.I. The molecule has 0 saturated carbocycles. The maximum Gasteiger partial charge on any atom is 0.226 e. The average molecular weight is 427 g/mol. The molecule has 0 aliphatic carbocycles. The van der Waals surface area contributed by atoms with E-state index in [-0.39, 0.29) is 28.7 Å². The zero-order chi connectivity index (χ0) is 15.0. The van der Waals surface area contributed by atoms with E-state index < -0.39 is 0 Å². The van der Waals surface area contributed by atoms with Crippen molar-refractivity contribution in [2.24, 2.45) is 4.99 Å². The van der Waals surface area contributed by atoms with Crippen molar-refractivity contribution < 1.29 is 4.52 Å². The molecular weight excluding hydrogens is 401 g/mol. The van der Waals surface area contributed by atoms with E-state index in [2.05, 4.69) is 45.9 Å². The van der Waals surface area contributed by atoms with Gasteiger partial charge in [-0.25, -0.2) is 0 Å². The fourth-order valence-corrected chi connectivity index (χ4v) is 1.69. The topological polar surface area (TPSA) is 75.3 Å². The van der Waals surface area contributed by atoms with Gasteiger partial charge in [-0.15, -0.1) is 24.0 Å². The molecule has 1 aromatic rings. The lowest BCUT2D eigenvalue weighted by molar-refractivity contribution is 0.372. The minimum Gasteiger partial charge on any atom is -0.356 e. The number of nitrogens with zero attached hydrogens (tertiary/aromatic N) is 3. The molecule has 0 amide bonds. The first kappa shape index (κ1) is 20.5. The molecule has 0 aromatic carbocycles. The van der Waals surface area contributed by atoms with Crippen LogP contribution in [0.2, 0.25) is 0 Å². The second-order valence-corrected chi connectivity index (χ2v) is 6.67. The summed E-state index contributed by atoms with van der Waals surface area (Å²) >= 11 is 1.83. The molecule has 0 aliphatic rings. The van der Waals surface area contributed by atoms with Gasteiger partial charge in [0.1, 0.15) is 0 Å². The van der Waals surface area contributed by atoms with Gasteiger partial charge in [-0.1, -0.05) is 5.16 Å². The van der Waals surface area contributed by atoms with Crippen LogP contribution in [-0.4, -0.2) is 47.2 Å². The molecule has 0 spiro atoms. The van der Waals surface area contributed by atoms with Gasteiger partial charge in [0.25, 0.3) is 0 Å². The van der Waals surface area contributed by atoms with Crippen LogP contribution in [0.25, 0.3) is 0 Å².